The predicted molar refractivity (Wildman–Crippen MR) is 124 cm³/mol. The lowest BCUT2D eigenvalue weighted by Gasteiger charge is -2.11. The molecule has 0 spiro atoms. The number of hydrogen-bond acceptors (Lipinski definition) is 6. The number of fused-ring (bicyclic) bond motifs is 1. The van der Waals surface area contributed by atoms with E-state index >= 15 is 0 Å². The van der Waals surface area contributed by atoms with Gasteiger partial charge in [-0.25, -0.2) is 23.1 Å². The molecular weight excluding hydrogens is 479 g/mol. The van der Waals surface area contributed by atoms with E-state index in [1.165, 1.54) is 42.1 Å². The van der Waals surface area contributed by atoms with Gasteiger partial charge in [-0.3, -0.25) is 14.9 Å². The van der Waals surface area contributed by atoms with Crippen molar-refractivity contribution in [1.82, 2.24) is 14.5 Å². The molecule has 0 atom stereocenters. The number of nitrogens with two attached hydrogens (primary N) is 1. The second kappa shape index (κ2) is 10.3. The Morgan fingerprint density at radius 1 is 1.17 bits per heavy atom. The number of carbonyl (C=O) groups is 2. The van der Waals surface area contributed by atoms with Crippen molar-refractivity contribution in [3.8, 4) is 17.4 Å². The van der Waals surface area contributed by atoms with Crippen molar-refractivity contribution in [3.05, 3.63) is 71.7 Å². The highest BCUT2D eigenvalue weighted by Crippen LogP contribution is 2.27. The molecule has 0 aliphatic rings. The van der Waals surface area contributed by atoms with Crippen LogP contribution in [0, 0.1) is 5.82 Å². The molecule has 4 rings (SSSR count). The second-order valence-corrected chi connectivity index (χ2v) is 7.60. The van der Waals surface area contributed by atoms with Crippen molar-refractivity contribution in [3.63, 3.8) is 0 Å². The molecule has 2 heterocycles. The van der Waals surface area contributed by atoms with Gasteiger partial charge in [0.25, 0.3) is 12.3 Å². The van der Waals surface area contributed by atoms with Gasteiger partial charge in [-0.15, -0.1) is 0 Å². The molecule has 3 N–H and O–H groups in total. The molecule has 0 radical (unpaired) electrons. The Labute approximate surface area is 202 Å². The molecule has 0 saturated heterocycles. The van der Waals surface area contributed by atoms with E-state index in [0.717, 1.165) is 6.07 Å². The maximum atomic E-state index is 14.7. The summed E-state index contributed by atoms with van der Waals surface area (Å²) in [6.45, 7) is -0.694. The van der Waals surface area contributed by atoms with Crippen LogP contribution in [-0.2, 0) is 17.8 Å². The average Bonchev–Trinajstić information content (AvgIpc) is 3.16. The summed E-state index contributed by atoms with van der Waals surface area (Å²) < 4.78 is 52.8. The average molecular weight is 499 g/mol. The van der Waals surface area contributed by atoms with Crippen LogP contribution in [0.1, 0.15) is 15.9 Å². The van der Waals surface area contributed by atoms with Crippen LogP contribution < -0.4 is 20.5 Å². The highest BCUT2D eigenvalue weighted by Gasteiger charge is 2.19. The number of primary amides is 1. The van der Waals surface area contributed by atoms with Crippen LogP contribution in [0.4, 0.5) is 19.1 Å². The number of anilines is 1. The number of ether oxygens (including phenoxy) is 2. The zero-order valence-corrected chi connectivity index (χ0v) is 18.9. The third-order valence-corrected chi connectivity index (χ3v) is 5.13. The van der Waals surface area contributed by atoms with Gasteiger partial charge in [-0.1, -0.05) is 6.07 Å². The molecule has 0 fully saturated rings. The second-order valence-electron chi connectivity index (χ2n) is 7.60. The van der Waals surface area contributed by atoms with Gasteiger partial charge in [0, 0.05) is 12.3 Å². The lowest BCUT2D eigenvalue weighted by molar-refractivity contribution is -0.115. The molecule has 2 amide bonds. The molecule has 0 unspecified atom stereocenters. The highest BCUT2D eigenvalue weighted by molar-refractivity contribution is 5.95. The van der Waals surface area contributed by atoms with Gasteiger partial charge in [0.2, 0.25) is 17.7 Å². The van der Waals surface area contributed by atoms with Gasteiger partial charge < -0.3 is 19.8 Å². The topological polar surface area (TPSA) is 121 Å². The number of aromatic nitrogens is 3. The van der Waals surface area contributed by atoms with E-state index < -0.39 is 30.6 Å². The molecule has 0 aliphatic carbocycles. The Kier molecular flexibility index (Phi) is 7.04. The number of nitrogens with one attached hydrogen (secondary N) is 1. The molecule has 36 heavy (non-hydrogen) atoms. The molecule has 186 valence electrons. The number of halogens is 3. The molecule has 2 aromatic carbocycles. The van der Waals surface area contributed by atoms with Crippen LogP contribution in [0.15, 0.2) is 54.7 Å². The third-order valence-electron chi connectivity index (χ3n) is 5.13. The van der Waals surface area contributed by atoms with Crippen LogP contribution in [0.25, 0.3) is 11.0 Å². The normalized spacial score (nSPS) is 11.0. The Morgan fingerprint density at radius 3 is 2.67 bits per heavy atom. The van der Waals surface area contributed by atoms with Gasteiger partial charge in [-0.2, -0.15) is 0 Å². The van der Waals surface area contributed by atoms with Crippen LogP contribution in [0.5, 0.6) is 17.4 Å². The standard InChI is InChI=1S/C24H20F3N5O4/c1-35-14-5-6-17-18(11-14)32(12-20(26)27)24(30-17)31-21(33)10-13-4-7-19(16(25)9-13)36-23-15(22(28)34)3-2-8-29-23/h2-9,11,20H,10,12H2,1H3,(H2,28,34)(H,30,31,33). The monoisotopic (exact) mass is 499 g/mol. The Morgan fingerprint density at radius 2 is 1.97 bits per heavy atom. The molecule has 0 bridgehead atoms. The SMILES string of the molecule is COc1ccc2nc(NC(=O)Cc3ccc(Oc4ncccc4C(N)=O)c(F)c3)n(CC(F)F)c2c1. The van der Waals surface area contributed by atoms with Gasteiger partial charge in [0.1, 0.15) is 11.3 Å². The largest absolute Gasteiger partial charge is 0.497 e. The van der Waals surface area contributed by atoms with Gasteiger partial charge in [-0.05, 0) is 42.0 Å². The molecule has 9 nitrogen and oxygen atoms in total. The minimum atomic E-state index is -2.69. The number of pyridine rings is 1. The molecule has 0 saturated carbocycles. The first kappa shape index (κ1) is 24.5. The van der Waals surface area contributed by atoms with Gasteiger partial charge >= 0.3 is 0 Å². The van der Waals surface area contributed by atoms with Crippen molar-refractivity contribution in [2.75, 3.05) is 12.4 Å². The van der Waals surface area contributed by atoms with E-state index in [1.807, 2.05) is 0 Å². The molecule has 2 aromatic heterocycles. The van der Waals surface area contributed by atoms with E-state index in [0.29, 0.717) is 16.8 Å². The van der Waals surface area contributed by atoms with E-state index in [4.69, 9.17) is 15.2 Å². The number of nitrogens with zero attached hydrogens (tertiary/aromatic N) is 3. The highest BCUT2D eigenvalue weighted by atomic mass is 19.3. The summed E-state index contributed by atoms with van der Waals surface area (Å²) >= 11 is 0. The first-order valence-electron chi connectivity index (χ1n) is 10.6. The predicted octanol–water partition coefficient (Wildman–Crippen LogP) is 3.92. The van der Waals surface area contributed by atoms with E-state index in [9.17, 15) is 22.8 Å². The van der Waals surface area contributed by atoms with Gasteiger partial charge in [0.05, 0.1) is 31.1 Å². The lowest BCUT2D eigenvalue weighted by Crippen LogP contribution is -2.19. The summed E-state index contributed by atoms with van der Waals surface area (Å²) in [5.41, 5.74) is 6.29. The van der Waals surface area contributed by atoms with Gasteiger partial charge in [0.15, 0.2) is 11.6 Å². The van der Waals surface area contributed by atoms with E-state index in [1.54, 1.807) is 18.2 Å². The Hall–Kier alpha value is -4.61. The number of amides is 2. The maximum absolute atomic E-state index is 14.7. The van der Waals surface area contributed by atoms with E-state index in [-0.39, 0.29) is 35.1 Å². The van der Waals surface area contributed by atoms with Crippen LogP contribution in [0.3, 0.4) is 0 Å². The zero-order valence-electron chi connectivity index (χ0n) is 18.9. The number of hydrogen-bond donors (Lipinski definition) is 2. The van der Waals surface area contributed by atoms with Crippen LogP contribution >= 0.6 is 0 Å². The summed E-state index contributed by atoms with van der Waals surface area (Å²) in [7, 11) is 1.44. The molecule has 0 aliphatic heterocycles. The first-order valence-corrected chi connectivity index (χ1v) is 10.6. The van der Waals surface area contributed by atoms with Crippen LogP contribution in [0.2, 0.25) is 0 Å². The molecular formula is C24H20F3N5O4. The zero-order chi connectivity index (χ0) is 25.8. The fourth-order valence-corrected chi connectivity index (χ4v) is 3.50. The summed E-state index contributed by atoms with van der Waals surface area (Å²) in [5.74, 6) is -2.21. The summed E-state index contributed by atoms with van der Waals surface area (Å²) in [6.07, 6.45) is -1.61. The molecule has 12 heteroatoms. The van der Waals surface area contributed by atoms with Crippen molar-refractivity contribution < 1.29 is 32.2 Å². The third kappa shape index (κ3) is 5.37. The summed E-state index contributed by atoms with van der Waals surface area (Å²) in [4.78, 5) is 32.3. The lowest BCUT2D eigenvalue weighted by atomic mass is 10.1. The minimum absolute atomic E-state index is 0.0235. The Balaban J connectivity index is 1.51. The maximum Gasteiger partial charge on any atom is 0.256 e. The fourth-order valence-electron chi connectivity index (χ4n) is 3.50. The quantitative estimate of drug-likeness (QED) is 0.360. The van der Waals surface area contributed by atoms with Crippen molar-refractivity contribution in [2.24, 2.45) is 5.73 Å². The number of rotatable bonds is 9. The fraction of sp³-hybridized carbons (Fsp3) is 0.167. The summed E-state index contributed by atoms with van der Waals surface area (Å²) in [6, 6.07) is 11.4. The number of imidazole rings is 1. The van der Waals surface area contributed by atoms with Crippen molar-refractivity contribution in [2.45, 2.75) is 19.4 Å². The first-order chi connectivity index (χ1) is 17.2. The number of alkyl halides is 2. The Bertz CT molecular complexity index is 1440. The van der Waals surface area contributed by atoms with Crippen molar-refractivity contribution >= 4 is 28.8 Å². The smallest absolute Gasteiger partial charge is 0.256 e. The molecule has 4 aromatic rings. The minimum Gasteiger partial charge on any atom is -0.497 e. The summed E-state index contributed by atoms with van der Waals surface area (Å²) in [5, 5.41) is 2.51. The number of carbonyl (C=O) groups excluding carboxylic acids is 2. The number of methoxy groups -OCH3 is 1. The number of benzene rings is 2. The van der Waals surface area contributed by atoms with Crippen molar-refractivity contribution in [1.29, 1.82) is 0 Å². The van der Waals surface area contributed by atoms with Crippen LogP contribution in [-0.4, -0.2) is 39.9 Å². The van der Waals surface area contributed by atoms with E-state index in [2.05, 4.69) is 15.3 Å².